The summed E-state index contributed by atoms with van der Waals surface area (Å²) < 4.78 is 11.4. The van der Waals surface area contributed by atoms with E-state index in [2.05, 4.69) is 21.9 Å². The molecule has 1 saturated heterocycles. The Hall–Kier alpha value is -2.47. The predicted molar refractivity (Wildman–Crippen MR) is 87.7 cm³/mol. The van der Waals surface area contributed by atoms with E-state index in [4.69, 9.17) is 9.47 Å². The molecule has 23 heavy (non-hydrogen) atoms. The highest BCUT2D eigenvalue weighted by Gasteiger charge is 2.26. The second-order valence-corrected chi connectivity index (χ2v) is 5.35. The molecule has 6 heteroatoms. The average molecular weight is 313 g/mol. The van der Waals surface area contributed by atoms with Crippen molar-refractivity contribution in [3.8, 4) is 11.9 Å². The number of hydrogen-bond donors (Lipinski definition) is 1. The number of benzene rings is 1. The fraction of sp³-hybridized carbons (Fsp3) is 0.353. The summed E-state index contributed by atoms with van der Waals surface area (Å²) in [6.45, 7) is 6.75. The number of hydrogen-bond acceptors (Lipinski definition) is 6. The number of ether oxygens (including phenoxy) is 2. The van der Waals surface area contributed by atoms with Crippen molar-refractivity contribution in [1.29, 1.82) is 0 Å². The van der Waals surface area contributed by atoms with Crippen LogP contribution in [0.5, 0.6) is 11.9 Å². The lowest BCUT2D eigenvalue weighted by Crippen LogP contribution is -2.23. The number of nitrogens with one attached hydrogen (secondary N) is 1. The van der Waals surface area contributed by atoms with E-state index < -0.39 is 0 Å². The zero-order valence-corrected chi connectivity index (χ0v) is 13.0. The molecule has 6 nitrogen and oxygen atoms in total. The summed E-state index contributed by atoms with van der Waals surface area (Å²) in [7, 11) is 0. The summed E-state index contributed by atoms with van der Waals surface area (Å²) in [4.78, 5) is 19.6. The van der Waals surface area contributed by atoms with Gasteiger partial charge in [-0.1, -0.05) is 18.7 Å². The van der Waals surface area contributed by atoms with E-state index in [1.807, 2.05) is 25.1 Å². The van der Waals surface area contributed by atoms with Crippen LogP contribution in [0, 0.1) is 0 Å². The van der Waals surface area contributed by atoms with Gasteiger partial charge in [-0.25, -0.2) is 0 Å². The van der Waals surface area contributed by atoms with Crippen molar-refractivity contribution in [2.75, 3.05) is 13.2 Å². The zero-order chi connectivity index (χ0) is 16.2. The first kappa shape index (κ1) is 15.4. The van der Waals surface area contributed by atoms with Crippen molar-refractivity contribution >= 4 is 23.3 Å². The molecule has 0 spiro atoms. The molecule has 0 amide bonds. The molecule has 1 aliphatic heterocycles. The van der Waals surface area contributed by atoms with Crippen LogP contribution < -0.4 is 14.8 Å². The van der Waals surface area contributed by atoms with E-state index in [-0.39, 0.29) is 12.1 Å². The second-order valence-electron chi connectivity index (χ2n) is 5.35. The van der Waals surface area contributed by atoms with Crippen LogP contribution in [0.25, 0.3) is 17.0 Å². The van der Waals surface area contributed by atoms with Crippen LogP contribution in [0.4, 0.5) is 0 Å². The molecule has 120 valence electrons. The van der Waals surface area contributed by atoms with E-state index in [9.17, 15) is 4.79 Å². The van der Waals surface area contributed by atoms with Crippen molar-refractivity contribution in [2.24, 2.45) is 0 Å². The minimum atomic E-state index is -0.164. The number of aromatic nitrogens is 2. The van der Waals surface area contributed by atoms with Crippen molar-refractivity contribution < 1.29 is 14.3 Å². The van der Waals surface area contributed by atoms with Gasteiger partial charge in [0.25, 0.3) is 0 Å². The lowest BCUT2D eigenvalue weighted by molar-refractivity contribution is -0.109. The predicted octanol–water partition coefficient (Wildman–Crippen LogP) is 1.98. The molecule has 0 radical (unpaired) electrons. The zero-order valence-electron chi connectivity index (χ0n) is 13.0. The smallest absolute Gasteiger partial charge is 0.320 e. The van der Waals surface area contributed by atoms with Gasteiger partial charge in [-0.3, -0.25) is 0 Å². The first-order chi connectivity index (χ1) is 11.2. The molecule has 0 aliphatic carbocycles. The van der Waals surface area contributed by atoms with Gasteiger partial charge in [0, 0.05) is 13.0 Å². The summed E-state index contributed by atoms with van der Waals surface area (Å²) in [5, 5.41) is 3.91. The topological polar surface area (TPSA) is 73.3 Å². The lowest BCUT2D eigenvalue weighted by atomic mass is 10.1. The van der Waals surface area contributed by atoms with Crippen LogP contribution in [-0.4, -0.2) is 41.6 Å². The molecule has 2 atom stereocenters. The number of carbonyl (C=O) groups excluding carboxylic acids is 1. The van der Waals surface area contributed by atoms with Crippen LogP contribution in [0.15, 0.2) is 24.8 Å². The summed E-state index contributed by atoms with van der Waals surface area (Å²) in [6, 6.07) is 5.89. The van der Waals surface area contributed by atoms with Gasteiger partial charge in [0.1, 0.15) is 12.4 Å². The average Bonchev–Trinajstić information content (AvgIpc) is 3.02. The Kier molecular flexibility index (Phi) is 4.52. The largest absolute Gasteiger partial charge is 0.472 e. The van der Waals surface area contributed by atoms with E-state index in [0.717, 1.165) is 22.8 Å². The van der Waals surface area contributed by atoms with Gasteiger partial charge in [0.2, 0.25) is 5.88 Å². The van der Waals surface area contributed by atoms with E-state index >= 15 is 0 Å². The van der Waals surface area contributed by atoms with Gasteiger partial charge in [-0.05, 0) is 24.6 Å². The monoisotopic (exact) mass is 313 g/mol. The van der Waals surface area contributed by atoms with Crippen LogP contribution in [0.1, 0.15) is 18.9 Å². The third-order valence-corrected chi connectivity index (χ3v) is 3.74. The summed E-state index contributed by atoms with van der Waals surface area (Å²) in [6.07, 6.45) is 3.19. The van der Waals surface area contributed by atoms with Crippen LogP contribution in [0.2, 0.25) is 0 Å². The highest BCUT2D eigenvalue weighted by atomic mass is 16.5. The standard InChI is InChI=1S/C17H19N3O3/c1-3-11-5-6-15-14(7-11)16(20-17(19-15)22-4-2)23-13-8-12(10-21)18-9-13/h3,5-7,10,12-13,18H,1,4,8-9H2,2H3/t12-,13+/m0/s1. The SMILES string of the molecule is C=Cc1ccc2nc(OCC)nc(O[C@H]3CN[C@H](C=O)C3)c2c1. The molecule has 1 aromatic heterocycles. The Morgan fingerprint density at radius 3 is 3.00 bits per heavy atom. The molecule has 2 aromatic rings. The minimum Gasteiger partial charge on any atom is -0.472 e. The van der Waals surface area contributed by atoms with Crippen molar-refractivity contribution in [3.63, 3.8) is 0 Å². The molecule has 0 bridgehead atoms. The normalized spacial score (nSPS) is 20.4. The van der Waals surface area contributed by atoms with Crippen LogP contribution in [0.3, 0.4) is 0 Å². The van der Waals surface area contributed by atoms with Gasteiger partial charge in [0.05, 0.1) is 23.6 Å². The Balaban J connectivity index is 1.97. The summed E-state index contributed by atoms with van der Waals surface area (Å²) >= 11 is 0. The Bertz CT molecular complexity index is 732. The maximum atomic E-state index is 10.9. The molecule has 2 heterocycles. The quantitative estimate of drug-likeness (QED) is 0.822. The third kappa shape index (κ3) is 3.32. The number of carbonyl (C=O) groups is 1. The first-order valence-corrected chi connectivity index (χ1v) is 7.66. The molecule has 1 aromatic carbocycles. The molecular formula is C17H19N3O3. The van der Waals surface area contributed by atoms with Gasteiger partial charge >= 0.3 is 6.01 Å². The van der Waals surface area contributed by atoms with Crippen molar-refractivity contribution in [2.45, 2.75) is 25.5 Å². The Morgan fingerprint density at radius 1 is 1.43 bits per heavy atom. The Morgan fingerprint density at radius 2 is 2.30 bits per heavy atom. The van der Waals surface area contributed by atoms with Crippen molar-refractivity contribution in [3.05, 3.63) is 30.3 Å². The summed E-state index contributed by atoms with van der Waals surface area (Å²) in [5.74, 6) is 0.473. The number of nitrogens with zero attached hydrogens (tertiary/aromatic N) is 2. The first-order valence-electron chi connectivity index (χ1n) is 7.66. The van der Waals surface area contributed by atoms with Gasteiger partial charge in [0.15, 0.2) is 0 Å². The third-order valence-electron chi connectivity index (χ3n) is 3.74. The molecule has 0 saturated carbocycles. The van der Waals surface area contributed by atoms with Crippen LogP contribution >= 0.6 is 0 Å². The maximum absolute atomic E-state index is 10.9. The van der Waals surface area contributed by atoms with Crippen LogP contribution in [-0.2, 0) is 4.79 Å². The fourth-order valence-corrected chi connectivity index (χ4v) is 2.59. The Labute approximate surface area is 134 Å². The fourth-order valence-electron chi connectivity index (χ4n) is 2.59. The molecular weight excluding hydrogens is 294 g/mol. The summed E-state index contributed by atoms with van der Waals surface area (Å²) in [5.41, 5.74) is 1.72. The highest BCUT2D eigenvalue weighted by Crippen LogP contribution is 2.28. The van der Waals surface area contributed by atoms with E-state index in [0.29, 0.717) is 31.5 Å². The van der Waals surface area contributed by atoms with E-state index in [1.54, 1.807) is 6.08 Å². The highest BCUT2D eigenvalue weighted by molar-refractivity contribution is 5.86. The number of fused-ring (bicyclic) bond motifs is 1. The number of aldehydes is 1. The minimum absolute atomic E-state index is 0.106. The lowest BCUT2D eigenvalue weighted by Gasteiger charge is -2.14. The molecule has 1 fully saturated rings. The number of rotatable bonds is 6. The molecule has 1 N–H and O–H groups in total. The van der Waals surface area contributed by atoms with Gasteiger partial charge < -0.3 is 19.6 Å². The van der Waals surface area contributed by atoms with Gasteiger partial charge in [-0.15, -0.1) is 0 Å². The second kappa shape index (κ2) is 6.75. The van der Waals surface area contributed by atoms with Gasteiger partial charge in [-0.2, -0.15) is 9.97 Å². The maximum Gasteiger partial charge on any atom is 0.320 e. The molecule has 1 aliphatic rings. The van der Waals surface area contributed by atoms with Crippen molar-refractivity contribution in [1.82, 2.24) is 15.3 Å². The molecule has 3 rings (SSSR count). The van der Waals surface area contributed by atoms with E-state index in [1.165, 1.54) is 0 Å². The molecule has 0 unspecified atom stereocenters.